The van der Waals surface area contributed by atoms with Crippen LogP contribution in [0.25, 0.3) is 0 Å². The van der Waals surface area contributed by atoms with Gasteiger partial charge in [-0.25, -0.2) is 0 Å². The van der Waals surface area contributed by atoms with Crippen molar-refractivity contribution in [2.24, 2.45) is 10.9 Å². The molecule has 29 heavy (non-hydrogen) atoms. The number of hydrogen-bond donors (Lipinski definition) is 3. The third-order valence-electron chi connectivity index (χ3n) is 5.63. The van der Waals surface area contributed by atoms with Crippen LogP contribution in [0, 0.1) is 5.92 Å². The zero-order chi connectivity index (χ0) is 21.2. The Morgan fingerprint density at radius 2 is 1.93 bits per heavy atom. The van der Waals surface area contributed by atoms with Gasteiger partial charge in [-0.15, -0.1) is 0 Å². The van der Waals surface area contributed by atoms with Crippen LogP contribution in [0.1, 0.15) is 52.0 Å². The van der Waals surface area contributed by atoms with E-state index in [4.69, 9.17) is 0 Å². The highest BCUT2D eigenvalue weighted by Gasteiger charge is 2.28. The summed E-state index contributed by atoms with van der Waals surface area (Å²) in [6.07, 6.45) is 3.99. The molecule has 0 aromatic heterocycles. The van der Waals surface area contributed by atoms with E-state index in [2.05, 4.69) is 64.1 Å². The molecular weight excluding hydrogens is 362 g/mol. The van der Waals surface area contributed by atoms with Crippen LogP contribution in [0.5, 0.6) is 0 Å². The molecule has 6 heteroatoms. The van der Waals surface area contributed by atoms with Gasteiger partial charge >= 0.3 is 0 Å². The van der Waals surface area contributed by atoms with Crippen molar-refractivity contribution >= 4 is 11.9 Å². The number of amides is 1. The molecule has 0 aliphatic heterocycles. The van der Waals surface area contributed by atoms with Crippen molar-refractivity contribution < 1.29 is 4.79 Å². The standard InChI is InChI=1S/C23H39N5O/c1-17(2)26-22(29)20-12-9-13-21(14-20)27-23(24-4)25-15-18(3)28(5)16-19-10-7-6-8-11-19/h6-8,10-11,17-18,20-21H,9,12-16H2,1-5H3,(H,26,29)(H2,24,25,27). The van der Waals surface area contributed by atoms with Crippen LogP contribution in [-0.4, -0.2) is 55.5 Å². The lowest BCUT2D eigenvalue weighted by atomic mass is 9.85. The van der Waals surface area contributed by atoms with Crippen molar-refractivity contribution in [1.29, 1.82) is 0 Å². The van der Waals surface area contributed by atoms with E-state index in [1.807, 2.05) is 19.9 Å². The Labute approximate surface area is 176 Å². The molecule has 1 aromatic rings. The number of rotatable bonds is 8. The predicted molar refractivity (Wildman–Crippen MR) is 121 cm³/mol. The molecule has 2 rings (SSSR count). The van der Waals surface area contributed by atoms with E-state index in [1.165, 1.54) is 5.56 Å². The second kappa shape index (κ2) is 11.8. The fourth-order valence-electron chi connectivity index (χ4n) is 3.78. The molecule has 0 radical (unpaired) electrons. The number of benzene rings is 1. The van der Waals surface area contributed by atoms with Gasteiger partial charge in [0.1, 0.15) is 0 Å². The summed E-state index contributed by atoms with van der Waals surface area (Å²) in [5.41, 5.74) is 1.32. The number of hydrogen-bond acceptors (Lipinski definition) is 3. The summed E-state index contributed by atoms with van der Waals surface area (Å²) in [5.74, 6) is 1.10. The first-order valence-corrected chi connectivity index (χ1v) is 10.9. The van der Waals surface area contributed by atoms with Crippen molar-refractivity contribution in [3.63, 3.8) is 0 Å². The smallest absolute Gasteiger partial charge is 0.223 e. The summed E-state index contributed by atoms with van der Waals surface area (Å²) in [7, 11) is 3.95. The molecule has 1 fully saturated rings. The summed E-state index contributed by atoms with van der Waals surface area (Å²) in [4.78, 5) is 19.1. The highest BCUT2D eigenvalue weighted by Crippen LogP contribution is 2.24. The van der Waals surface area contributed by atoms with Gasteiger partial charge in [0.05, 0.1) is 0 Å². The Kier molecular flexibility index (Phi) is 9.45. The minimum atomic E-state index is 0.0951. The average molecular weight is 402 g/mol. The predicted octanol–water partition coefficient (Wildman–Crippen LogP) is 2.76. The van der Waals surface area contributed by atoms with Crippen molar-refractivity contribution in [3.05, 3.63) is 35.9 Å². The van der Waals surface area contributed by atoms with E-state index >= 15 is 0 Å². The Morgan fingerprint density at radius 3 is 2.59 bits per heavy atom. The third kappa shape index (κ3) is 8.05. The molecule has 1 amide bonds. The van der Waals surface area contributed by atoms with Crippen LogP contribution < -0.4 is 16.0 Å². The van der Waals surface area contributed by atoms with Gasteiger partial charge in [-0.1, -0.05) is 36.8 Å². The minimum Gasteiger partial charge on any atom is -0.355 e. The summed E-state index contributed by atoms with van der Waals surface area (Å²) in [6, 6.07) is 11.4. The number of guanidine groups is 1. The van der Waals surface area contributed by atoms with Crippen molar-refractivity contribution in [2.75, 3.05) is 20.6 Å². The molecule has 0 heterocycles. The van der Waals surface area contributed by atoms with Gasteiger partial charge in [0.15, 0.2) is 5.96 Å². The number of likely N-dealkylation sites (N-methyl/N-ethyl adjacent to an activating group) is 1. The van der Waals surface area contributed by atoms with E-state index in [9.17, 15) is 4.79 Å². The maximum absolute atomic E-state index is 12.4. The van der Waals surface area contributed by atoms with Crippen LogP contribution in [0.15, 0.2) is 35.3 Å². The van der Waals surface area contributed by atoms with Crippen LogP contribution in [0.2, 0.25) is 0 Å². The second-order valence-corrected chi connectivity index (χ2v) is 8.57. The van der Waals surface area contributed by atoms with Crippen LogP contribution in [0.3, 0.4) is 0 Å². The Balaban J connectivity index is 1.78. The summed E-state index contributed by atoms with van der Waals surface area (Å²) < 4.78 is 0. The van der Waals surface area contributed by atoms with Crippen molar-refractivity contribution in [1.82, 2.24) is 20.9 Å². The SMILES string of the molecule is CN=C(NCC(C)N(C)Cc1ccccc1)NC1CCCC(C(=O)NC(C)C)C1. The number of carbonyl (C=O) groups excluding carboxylic acids is 1. The topological polar surface area (TPSA) is 68.8 Å². The largest absolute Gasteiger partial charge is 0.355 e. The van der Waals surface area contributed by atoms with Gasteiger partial charge in [-0.3, -0.25) is 14.7 Å². The molecule has 6 nitrogen and oxygen atoms in total. The lowest BCUT2D eigenvalue weighted by Gasteiger charge is -2.31. The highest BCUT2D eigenvalue weighted by molar-refractivity contribution is 5.81. The average Bonchev–Trinajstić information content (AvgIpc) is 2.71. The van der Waals surface area contributed by atoms with Gasteiger partial charge in [-0.2, -0.15) is 0 Å². The van der Waals surface area contributed by atoms with Crippen LogP contribution >= 0.6 is 0 Å². The van der Waals surface area contributed by atoms with Gasteiger partial charge in [-0.05, 0) is 52.6 Å². The molecule has 1 aromatic carbocycles. The molecule has 0 saturated heterocycles. The lowest BCUT2D eigenvalue weighted by molar-refractivity contribution is -0.126. The maximum atomic E-state index is 12.4. The first-order valence-electron chi connectivity index (χ1n) is 10.9. The van der Waals surface area contributed by atoms with Crippen molar-refractivity contribution in [2.45, 2.75) is 71.1 Å². The van der Waals surface area contributed by atoms with Gasteiger partial charge in [0.2, 0.25) is 5.91 Å². The molecule has 162 valence electrons. The normalized spacial score (nSPS) is 21.1. The Hall–Kier alpha value is -2.08. The molecule has 1 aliphatic rings. The lowest BCUT2D eigenvalue weighted by Crippen LogP contribution is -2.50. The first kappa shape index (κ1) is 23.2. The number of carbonyl (C=O) groups is 1. The monoisotopic (exact) mass is 401 g/mol. The third-order valence-corrected chi connectivity index (χ3v) is 5.63. The fourth-order valence-corrected chi connectivity index (χ4v) is 3.78. The van der Waals surface area contributed by atoms with E-state index < -0.39 is 0 Å². The highest BCUT2D eigenvalue weighted by atomic mass is 16.1. The molecule has 3 N–H and O–H groups in total. The zero-order valence-electron chi connectivity index (χ0n) is 18.7. The molecule has 0 spiro atoms. The summed E-state index contributed by atoms with van der Waals surface area (Å²) in [6.45, 7) is 7.98. The second-order valence-electron chi connectivity index (χ2n) is 8.57. The first-order chi connectivity index (χ1) is 13.9. The number of aliphatic imine (C=N–C) groups is 1. The van der Waals surface area contributed by atoms with Gasteiger partial charge in [0.25, 0.3) is 0 Å². The fraction of sp³-hybridized carbons (Fsp3) is 0.652. The number of nitrogens with one attached hydrogen (secondary N) is 3. The Morgan fingerprint density at radius 1 is 1.21 bits per heavy atom. The maximum Gasteiger partial charge on any atom is 0.223 e. The summed E-state index contributed by atoms with van der Waals surface area (Å²) >= 11 is 0. The molecular formula is C23H39N5O. The van der Waals surface area contributed by atoms with Crippen LogP contribution in [-0.2, 0) is 11.3 Å². The Bertz CT molecular complexity index is 646. The van der Waals surface area contributed by atoms with E-state index in [1.54, 1.807) is 7.05 Å². The minimum absolute atomic E-state index is 0.0951. The number of nitrogens with zero attached hydrogens (tertiary/aromatic N) is 2. The zero-order valence-corrected chi connectivity index (χ0v) is 18.7. The molecule has 1 aliphatic carbocycles. The van der Waals surface area contributed by atoms with Gasteiger partial charge in [0, 0.05) is 44.2 Å². The quantitative estimate of drug-likeness (QED) is 0.463. The molecule has 0 bridgehead atoms. The van der Waals surface area contributed by atoms with E-state index in [0.29, 0.717) is 6.04 Å². The molecule has 3 unspecified atom stereocenters. The summed E-state index contributed by atoms with van der Waals surface area (Å²) in [5, 5.41) is 10.0. The van der Waals surface area contributed by atoms with E-state index in [-0.39, 0.29) is 23.9 Å². The van der Waals surface area contributed by atoms with Crippen molar-refractivity contribution in [3.8, 4) is 0 Å². The molecule has 3 atom stereocenters. The van der Waals surface area contributed by atoms with Gasteiger partial charge < -0.3 is 16.0 Å². The molecule has 1 saturated carbocycles. The van der Waals surface area contributed by atoms with Crippen LogP contribution in [0.4, 0.5) is 0 Å². The van der Waals surface area contributed by atoms with E-state index in [0.717, 1.165) is 44.7 Å².